The molecule has 0 bridgehead atoms. The Morgan fingerprint density at radius 3 is 2.82 bits per heavy atom. The number of hydrogen-bond donors (Lipinski definition) is 2. The molecule has 96 valence electrons. The van der Waals surface area contributed by atoms with Crippen LogP contribution in [0.25, 0.3) is 0 Å². The van der Waals surface area contributed by atoms with Gasteiger partial charge in [0.25, 0.3) is 0 Å². The lowest BCUT2D eigenvalue weighted by atomic mass is 10.0. The van der Waals surface area contributed by atoms with Crippen LogP contribution in [0.1, 0.15) is 18.9 Å². The zero-order chi connectivity index (χ0) is 12.7. The van der Waals surface area contributed by atoms with Crippen molar-refractivity contribution >= 4 is 5.82 Å². The molecule has 0 saturated heterocycles. The highest BCUT2D eigenvalue weighted by atomic mass is 15.1. The van der Waals surface area contributed by atoms with E-state index in [0.29, 0.717) is 11.9 Å². The molecule has 0 saturated carbocycles. The first-order valence-corrected chi connectivity index (χ1v) is 6.21. The van der Waals surface area contributed by atoms with Gasteiger partial charge < -0.3 is 16.0 Å². The van der Waals surface area contributed by atoms with E-state index in [1.54, 1.807) is 6.20 Å². The van der Waals surface area contributed by atoms with Gasteiger partial charge in [-0.05, 0) is 51.7 Å². The highest BCUT2D eigenvalue weighted by Gasteiger charge is 2.10. The van der Waals surface area contributed by atoms with Crippen LogP contribution in [0.5, 0.6) is 0 Å². The molecular formula is C13H24N4. The van der Waals surface area contributed by atoms with Gasteiger partial charge in [-0.3, -0.25) is 0 Å². The minimum absolute atomic E-state index is 0.467. The van der Waals surface area contributed by atoms with Gasteiger partial charge in [0.1, 0.15) is 5.82 Å². The number of anilines is 1. The molecule has 0 aliphatic heterocycles. The fourth-order valence-electron chi connectivity index (χ4n) is 1.87. The second kappa shape index (κ2) is 7.25. The Morgan fingerprint density at radius 1 is 1.47 bits per heavy atom. The topological polar surface area (TPSA) is 54.2 Å². The molecule has 1 unspecified atom stereocenters. The van der Waals surface area contributed by atoms with Gasteiger partial charge in [-0.1, -0.05) is 13.0 Å². The standard InChI is InChI=1S/C13H24N4/c1-4-15-12(7-9-17(2)3)10-11-6-5-8-16-13(11)14/h5-6,8,12,15H,4,7,9-10H2,1-3H3,(H2,14,16). The molecule has 0 radical (unpaired) electrons. The highest BCUT2D eigenvalue weighted by Crippen LogP contribution is 2.11. The van der Waals surface area contributed by atoms with Crippen molar-refractivity contribution in [3.05, 3.63) is 23.9 Å². The first-order valence-electron chi connectivity index (χ1n) is 6.21. The molecule has 0 aliphatic carbocycles. The van der Waals surface area contributed by atoms with E-state index in [1.165, 1.54) is 0 Å². The Bertz CT molecular complexity index is 325. The molecule has 0 spiro atoms. The number of aromatic nitrogens is 1. The fourth-order valence-corrected chi connectivity index (χ4v) is 1.87. The molecule has 1 aromatic heterocycles. The summed E-state index contributed by atoms with van der Waals surface area (Å²) in [6.45, 7) is 4.20. The summed E-state index contributed by atoms with van der Waals surface area (Å²) in [5.41, 5.74) is 7.01. The Kier molecular flexibility index (Phi) is 5.94. The van der Waals surface area contributed by atoms with Crippen LogP contribution in [-0.2, 0) is 6.42 Å². The van der Waals surface area contributed by atoms with Crippen LogP contribution >= 0.6 is 0 Å². The van der Waals surface area contributed by atoms with Crippen molar-refractivity contribution in [3.63, 3.8) is 0 Å². The number of rotatable bonds is 7. The third kappa shape index (κ3) is 5.15. The van der Waals surface area contributed by atoms with Crippen molar-refractivity contribution < 1.29 is 0 Å². The molecule has 3 N–H and O–H groups in total. The van der Waals surface area contributed by atoms with Crippen molar-refractivity contribution in [1.82, 2.24) is 15.2 Å². The van der Waals surface area contributed by atoms with E-state index < -0.39 is 0 Å². The summed E-state index contributed by atoms with van der Waals surface area (Å²) in [6, 6.07) is 4.47. The molecule has 1 atom stereocenters. The third-order valence-corrected chi connectivity index (χ3v) is 2.81. The van der Waals surface area contributed by atoms with Crippen LogP contribution in [-0.4, -0.2) is 43.1 Å². The quantitative estimate of drug-likeness (QED) is 0.745. The average Bonchev–Trinajstić information content (AvgIpc) is 2.29. The van der Waals surface area contributed by atoms with E-state index in [2.05, 4.69) is 42.3 Å². The van der Waals surface area contributed by atoms with Crippen molar-refractivity contribution in [3.8, 4) is 0 Å². The van der Waals surface area contributed by atoms with Crippen molar-refractivity contribution in [2.75, 3.05) is 32.9 Å². The van der Waals surface area contributed by atoms with E-state index >= 15 is 0 Å². The Labute approximate surface area is 104 Å². The number of nitrogens with one attached hydrogen (secondary N) is 1. The molecular weight excluding hydrogens is 212 g/mol. The second-order valence-corrected chi connectivity index (χ2v) is 4.60. The largest absolute Gasteiger partial charge is 0.383 e. The lowest BCUT2D eigenvalue weighted by Gasteiger charge is -2.20. The van der Waals surface area contributed by atoms with E-state index in [-0.39, 0.29) is 0 Å². The van der Waals surface area contributed by atoms with Crippen LogP contribution in [0.3, 0.4) is 0 Å². The fraction of sp³-hybridized carbons (Fsp3) is 0.615. The van der Waals surface area contributed by atoms with Crippen molar-refractivity contribution in [2.24, 2.45) is 0 Å². The van der Waals surface area contributed by atoms with Crippen LogP contribution in [0, 0.1) is 0 Å². The number of likely N-dealkylation sites (N-methyl/N-ethyl adjacent to an activating group) is 1. The van der Waals surface area contributed by atoms with Gasteiger partial charge >= 0.3 is 0 Å². The number of pyridine rings is 1. The predicted molar refractivity (Wildman–Crippen MR) is 73.0 cm³/mol. The highest BCUT2D eigenvalue weighted by molar-refractivity contribution is 5.38. The molecule has 0 aliphatic rings. The number of nitrogens with zero attached hydrogens (tertiary/aromatic N) is 2. The Morgan fingerprint density at radius 2 is 2.24 bits per heavy atom. The summed E-state index contributed by atoms with van der Waals surface area (Å²) in [7, 11) is 4.20. The Hall–Kier alpha value is -1.13. The van der Waals surface area contributed by atoms with E-state index in [4.69, 9.17) is 5.73 Å². The lowest BCUT2D eigenvalue weighted by molar-refractivity contribution is 0.358. The molecule has 1 aromatic rings. The predicted octanol–water partition coefficient (Wildman–Crippen LogP) is 1.14. The van der Waals surface area contributed by atoms with Crippen LogP contribution in [0.2, 0.25) is 0 Å². The molecule has 17 heavy (non-hydrogen) atoms. The number of hydrogen-bond acceptors (Lipinski definition) is 4. The first kappa shape index (κ1) is 13.9. The zero-order valence-corrected chi connectivity index (χ0v) is 11.1. The maximum Gasteiger partial charge on any atom is 0.126 e. The minimum Gasteiger partial charge on any atom is -0.383 e. The summed E-state index contributed by atoms with van der Waals surface area (Å²) >= 11 is 0. The monoisotopic (exact) mass is 236 g/mol. The lowest BCUT2D eigenvalue weighted by Crippen LogP contribution is -2.34. The van der Waals surface area contributed by atoms with Gasteiger partial charge in [-0.25, -0.2) is 4.98 Å². The van der Waals surface area contributed by atoms with Crippen LogP contribution < -0.4 is 11.1 Å². The van der Waals surface area contributed by atoms with Gasteiger partial charge in [0.2, 0.25) is 0 Å². The van der Waals surface area contributed by atoms with Gasteiger partial charge in [-0.2, -0.15) is 0 Å². The minimum atomic E-state index is 0.467. The summed E-state index contributed by atoms with van der Waals surface area (Å²) in [5.74, 6) is 0.653. The third-order valence-electron chi connectivity index (χ3n) is 2.81. The molecule has 1 heterocycles. The van der Waals surface area contributed by atoms with Gasteiger partial charge in [0.05, 0.1) is 0 Å². The molecule has 0 amide bonds. The number of nitrogens with two attached hydrogens (primary N) is 1. The smallest absolute Gasteiger partial charge is 0.126 e. The van der Waals surface area contributed by atoms with Gasteiger partial charge in [0.15, 0.2) is 0 Å². The molecule has 4 nitrogen and oxygen atoms in total. The molecule has 0 fully saturated rings. The normalized spacial score (nSPS) is 12.9. The maximum atomic E-state index is 5.87. The van der Waals surface area contributed by atoms with Crippen LogP contribution in [0.15, 0.2) is 18.3 Å². The zero-order valence-electron chi connectivity index (χ0n) is 11.1. The van der Waals surface area contributed by atoms with Gasteiger partial charge in [-0.15, -0.1) is 0 Å². The van der Waals surface area contributed by atoms with Crippen molar-refractivity contribution in [1.29, 1.82) is 0 Å². The average molecular weight is 236 g/mol. The summed E-state index contributed by atoms with van der Waals surface area (Å²) in [5, 5.41) is 3.50. The maximum absolute atomic E-state index is 5.87. The van der Waals surface area contributed by atoms with Crippen LogP contribution in [0.4, 0.5) is 5.82 Å². The molecule has 1 rings (SSSR count). The summed E-state index contributed by atoms with van der Waals surface area (Å²) in [6.07, 6.45) is 3.80. The van der Waals surface area contributed by atoms with E-state index in [1.807, 2.05) is 6.07 Å². The van der Waals surface area contributed by atoms with Gasteiger partial charge in [0, 0.05) is 12.2 Å². The Balaban J connectivity index is 2.56. The summed E-state index contributed by atoms with van der Waals surface area (Å²) < 4.78 is 0. The second-order valence-electron chi connectivity index (χ2n) is 4.60. The summed E-state index contributed by atoms with van der Waals surface area (Å²) in [4.78, 5) is 6.33. The number of nitrogen functional groups attached to an aromatic ring is 1. The SMILES string of the molecule is CCNC(CCN(C)C)Cc1cccnc1N. The van der Waals surface area contributed by atoms with E-state index in [9.17, 15) is 0 Å². The molecule has 4 heteroatoms. The molecule has 0 aromatic carbocycles. The van der Waals surface area contributed by atoms with E-state index in [0.717, 1.165) is 31.5 Å². The first-order chi connectivity index (χ1) is 8.13. The van der Waals surface area contributed by atoms with Crippen molar-refractivity contribution in [2.45, 2.75) is 25.8 Å².